The van der Waals surface area contributed by atoms with Gasteiger partial charge in [0.1, 0.15) is 11.5 Å². The molecular formula is C16H15FN4O3. The van der Waals surface area contributed by atoms with E-state index in [0.29, 0.717) is 48.1 Å². The van der Waals surface area contributed by atoms with E-state index >= 15 is 0 Å². The number of amides is 1. The average molecular weight is 330 g/mol. The van der Waals surface area contributed by atoms with Gasteiger partial charge >= 0.3 is 0 Å². The molecule has 1 aliphatic heterocycles. The van der Waals surface area contributed by atoms with Gasteiger partial charge in [-0.2, -0.15) is 0 Å². The molecule has 2 aromatic heterocycles. The molecule has 1 N–H and O–H groups in total. The van der Waals surface area contributed by atoms with Crippen LogP contribution in [0.5, 0.6) is 0 Å². The van der Waals surface area contributed by atoms with Crippen molar-refractivity contribution in [2.24, 2.45) is 0 Å². The lowest BCUT2D eigenvalue weighted by molar-refractivity contribution is -0.0350. The van der Waals surface area contributed by atoms with Gasteiger partial charge in [0, 0.05) is 24.4 Å². The molecule has 0 spiro atoms. The largest absolute Gasteiger partial charge is 0.423 e. The number of halogens is 1. The van der Waals surface area contributed by atoms with E-state index in [4.69, 9.17) is 9.15 Å². The normalized spacial score (nSPS) is 18.2. The monoisotopic (exact) mass is 330 g/mol. The Morgan fingerprint density at radius 1 is 1.42 bits per heavy atom. The van der Waals surface area contributed by atoms with Gasteiger partial charge in [-0.15, -0.1) is 10.2 Å². The van der Waals surface area contributed by atoms with E-state index < -0.39 is 6.10 Å². The number of nitrogens with zero attached hydrogens (tertiary/aromatic N) is 3. The molecule has 0 radical (unpaired) electrons. The molecule has 124 valence electrons. The van der Waals surface area contributed by atoms with Crippen molar-refractivity contribution in [2.45, 2.75) is 13.0 Å². The van der Waals surface area contributed by atoms with E-state index in [0.717, 1.165) is 0 Å². The first kappa shape index (κ1) is 14.8. The first-order chi connectivity index (χ1) is 11.6. The fourth-order valence-electron chi connectivity index (χ4n) is 2.83. The molecule has 0 saturated carbocycles. The van der Waals surface area contributed by atoms with Crippen molar-refractivity contribution in [1.29, 1.82) is 0 Å². The predicted molar refractivity (Wildman–Crippen MR) is 81.9 cm³/mol. The Hall–Kier alpha value is -2.74. The van der Waals surface area contributed by atoms with Gasteiger partial charge in [-0.3, -0.25) is 4.79 Å². The van der Waals surface area contributed by atoms with Crippen LogP contribution in [0.1, 0.15) is 28.4 Å². The van der Waals surface area contributed by atoms with Crippen LogP contribution in [0, 0.1) is 12.7 Å². The van der Waals surface area contributed by atoms with E-state index in [-0.39, 0.29) is 11.7 Å². The van der Waals surface area contributed by atoms with Crippen LogP contribution in [-0.4, -0.2) is 45.7 Å². The molecule has 1 amide bonds. The minimum absolute atomic E-state index is 0.213. The molecule has 0 aliphatic carbocycles. The highest BCUT2D eigenvalue weighted by atomic mass is 19.1. The summed E-state index contributed by atoms with van der Waals surface area (Å²) < 4.78 is 24.8. The van der Waals surface area contributed by atoms with Crippen LogP contribution >= 0.6 is 0 Å². The summed E-state index contributed by atoms with van der Waals surface area (Å²) in [5, 5.41) is 8.13. The fourth-order valence-corrected chi connectivity index (χ4v) is 2.83. The maximum Gasteiger partial charge on any atom is 0.270 e. The van der Waals surface area contributed by atoms with Crippen LogP contribution in [-0.2, 0) is 4.74 Å². The second kappa shape index (κ2) is 5.72. The number of aromatic amines is 1. The SMILES string of the molecule is Cc1nnc(C2CN(C(=O)c3cc4c(F)cccc4[nH]3)CCO2)o1. The lowest BCUT2D eigenvalue weighted by atomic mass is 10.2. The third kappa shape index (κ3) is 2.54. The molecule has 1 saturated heterocycles. The van der Waals surface area contributed by atoms with Crippen LogP contribution in [0.2, 0.25) is 0 Å². The van der Waals surface area contributed by atoms with E-state index in [1.807, 2.05) is 0 Å². The Balaban J connectivity index is 1.57. The Labute approximate surface area is 136 Å². The van der Waals surface area contributed by atoms with Gasteiger partial charge < -0.3 is 19.0 Å². The van der Waals surface area contributed by atoms with Gasteiger partial charge in [0.2, 0.25) is 11.8 Å². The van der Waals surface area contributed by atoms with Gasteiger partial charge in [-0.25, -0.2) is 4.39 Å². The molecule has 1 unspecified atom stereocenters. The maximum atomic E-state index is 13.8. The van der Waals surface area contributed by atoms with Crippen LogP contribution in [0.4, 0.5) is 4.39 Å². The van der Waals surface area contributed by atoms with Gasteiger partial charge in [-0.1, -0.05) is 6.07 Å². The molecule has 7 nitrogen and oxygen atoms in total. The zero-order chi connectivity index (χ0) is 16.7. The molecule has 0 bridgehead atoms. The number of carbonyl (C=O) groups is 1. The smallest absolute Gasteiger partial charge is 0.270 e. The summed E-state index contributed by atoms with van der Waals surface area (Å²) in [6.45, 7) is 2.81. The van der Waals surface area contributed by atoms with Gasteiger partial charge in [-0.05, 0) is 18.2 Å². The quantitative estimate of drug-likeness (QED) is 0.779. The Morgan fingerprint density at radius 3 is 3.04 bits per heavy atom. The summed E-state index contributed by atoms with van der Waals surface area (Å²) >= 11 is 0. The number of hydrogen-bond donors (Lipinski definition) is 1. The lowest BCUT2D eigenvalue weighted by Crippen LogP contribution is -2.42. The number of aryl methyl sites for hydroxylation is 1. The fraction of sp³-hybridized carbons (Fsp3) is 0.312. The summed E-state index contributed by atoms with van der Waals surface area (Å²) in [6.07, 6.45) is -0.454. The molecule has 1 aliphatic rings. The van der Waals surface area contributed by atoms with Crippen molar-refractivity contribution in [3.8, 4) is 0 Å². The first-order valence-corrected chi connectivity index (χ1v) is 7.60. The van der Waals surface area contributed by atoms with E-state index in [2.05, 4.69) is 15.2 Å². The zero-order valence-corrected chi connectivity index (χ0v) is 13.0. The minimum Gasteiger partial charge on any atom is -0.423 e. The molecule has 3 aromatic rings. The van der Waals surface area contributed by atoms with Gasteiger partial charge in [0.05, 0.1) is 13.2 Å². The van der Waals surface area contributed by atoms with E-state index in [9.17, 15) is 9.18 Å². The van der Waals surface area contributed by atoms with Crippen molar-refractivity contribution in [2.75, 3.05) is 19.7 Å². The summed E-state index contributed by atoms with van der Waals surface area (Å²) in [5.74, 6) is 0.231. The number of benzene rings is 1. The third-order valence-corrected chi connectivity index (χ3v) is 4.01. The topological polar surface area (TPSA) is 84.2 Å². The van der Waals surface area contributed by atoms with Crippen molar-refractivity contribution in [3.63, 3.8) is 0 Å². The van der Waals surface area contributed by atoms with Crippen molar-refractivity contribution < 1.29 is 18.3 Å². The molecule has 1 aromatic carbocycles. The second-order valence-electron chi connectivity index (χ2n) is 5.65. The molecule has 1 atom stereocenters. The number of nitrogens with one attached hydrogen (secondary N) is 1. The predicted octanol–water partition coefficient (Wildman–Crippen LogP) is 2.21. The number of aromatic nitrogens is 3. The maximum absolute atomic E-state index is 13.8. The molecule has 1 fully saturated rings. The van der Waals surface area contributed by atoms with Crippen molar-refractivity contribution >= 4 is 16.8 Å². The summed E-state index contributed by atoms with van der Waals surface area (Å²) in [7, 11) is 0. The number of hydrogen-bond acceptors (Lipinski definition) is 5. The number of H-pyrrole nitrogens is 1. The second-order valence-corrected chi connectivity index (χ2v) is 5.65. The van der Waals surface area contributed by atoms with Crippen LogP contribution in [0.3, 0.4) is 0 Å². The highest BCUT2D eigenvalue weighted by Crippen LogP contribution is 2.24. The molecule has 3 heterocycles. The Morgan fingerprint density at radius 2 is 2.29 bits per heavy atom. The van der Waals surface area contributed by atoms with E-state index in [1.54, 1.807) is 24.0 Å². The standard InChI is InChI=1S/C16H15FN4O3/c1-9-19-20-15(24-9)14-8-21(5-6-23-14)16(22)13-7-10-11(17)3-2-4-12(10)18-13/h2-4,7,14,18H,5-6,8H2,1H3. The molecule has 24 heavy (non-hydrogen) atoms. The Bertz CT molecular complexity index is 904. The highest BCUT2D eigenvalue weighted by molar-refractivity contribution is 5.98. The summed E-state index contributed by atoms with van der Waals surface area (Å²) in [4.78, 5) is 17.3. The van der Waals surface area contributed by atoms with E-state index in [1.165, 1.54) is 12.1 Å². The van der Waals surface area contributed by atoms with Crippen LogP contribution in [0.15, 0.2) is 28.7 Å². The van der Waals surface area contributed by atoms with Crippen LogP contribution < -0.4 is 0 Å². The Kier molecular flexibility index (Phi) is 3.53. The average Bonchev–Trinajstić information content (AvgIpc) is 3.21. The number of carbonyl (C=O) groups excluding carboxylic acids is 1. The number of morpholine rings is 1. The summed E-state index contributed by atoms with van der Waals surface area (Å²) in [5.41, 5.74) is 0.938. The highest BCUT2D eigenvalue weighted by Gasteiger charge is 2.30. The number of fused-ring (bicyclic) bond motifs is 1. The third-order valence-electron chi connectivity index (χ3n) is 4.01. The van der Waals surface area contributed by atoms with Crippen LogP contribution in [0.25, 0.3) is 10.9 Å². The van der Waals surface area contributed by atoms with Gasteiger partial charge in [0.15, 0.2) is 6.10 Å². The van der Waals surface area contributed by atoms with Gasteiger partial charge in [0.25, 0.3) is 5.91 Å². The van der Waals surface area contributed by atoms with Crippen molar-refractivity contribution in [1.82, 2.24) is 20.1 Å². The first-order valence-electron chi connectivity index (χ1n) is 7.60. The molecule has 8 heteroatoms. The molecular weight excluding hydrogens is 315 g/mol. The number of rotatable bonds is 2. The van der Waals surface area contributed by atoms with Crippen molar-refractivity contribution in [3.05, 3.63) is 47.6 Å². The summed E-state index contributed by atoms with van der Waals surface area (Å²) in [6, 6.07) is 6.24. The lowest BCUT2D eigenvalue weighted by Gasteiger charge is -2.30. The molecule has 4 rings (SSSR count). The number of ether oxygens (including phenoxy) is 1. The zero-order valence-electron chi connectivity index (χ0n) is 13.0. The minimum atomic E-state index is -0.454.